The highest BCUT2D eigenvalue weighted by atomic mass is 17.1. The van der Waals surface area contributed by atoms with E-state index in [1.807, 2.05) is 0 Å². The molecule has 0 unspecified atom stereocenters. The molecular weight excluding hydrogens is 210 g/mol. The van der Waals surface area contributed by atoms with Crippen LogP contribution in [0.5, 0.6) is 0 Å². The van der Waals surface area contributed by atoms with Gasteiger partial charge in [0.05, 0.1) is 5.23 Å². The van der Waals surface area contributed by atoms with Gasteiger partial charge in [0.2, 0.25) is 0 Å². The molecular formula is CHN5O8. The second-order valence-electron chi connectivity index (χ2n) is 1.29. The van der Waals surface area contributed by atoms with Crippen molar-refractivity contribution in [1.29, 1.82) is 0 Å². The lowest BCUT2D eigenvalue weighted by Crippen LogP contribution is -2.38. The third-order valence-corrected chi connectivity index (χ3v) is 0.588. The van der Waals surface area contributed by atoms with Gasteiger partial charge in [-0.25, -0.2) is 4.79 Å². The van der Waals surface area contributed by atoms with Crippen LogP contribution in [0.25, 0.3) is 0 Å². The van der Waals surface area contributed by atoms with Crippen LogP contribution in [0, 0.1) is 19.9 Å². The molecule has 0 spiro atoms. The van der Waals surface area contributed by atoms with Crippen molar-refractivity contribution in [2.24, 2.45) is 10.7 Å². The van der Waals surface area contributed by atoms with Crippen molar-refractivity contribution in [2.45, 2.75) is 0 Å². The zero-order valence-electron chi connectivity index (χ0n) is 6.05. The molecule has 2 amide bonds. The molecule has 0 bridgehead atoms. The van der Waals surface area contributed by atoms with Crippen LogP contribution in [-0.2, 0) is 14.8 Å². The highest BCUT2D eigenvalue weighted by Crippen LogP contribution is 1.94. The molecule has 0 radical (unpaired) electrons. The fourth-order valence-electron chi connectivity index (χ4n) is 0.263. The Bertz CT molecular complexity index is 228. The Morgan fingerprint density at radius 2 is 1.86 bits per heavy atom. The molecule has 0 aliphatic carbocycles. The van der Waals surface area contributed by atoms with Crippen LogP contribution in [0.15, 0.2) is 10.7 Å². The van der Waals surface area contributed by atoms with Gasteiger partial charge >= 0.3 is 11.1 Å². The highest BCUT2D eigenvalue weighted by Gasteiger charge is 2.20. The van der Waals surface area contributed by atoms with Gasteiger partial charge in [-0.15, -0.1) is 19.9 Å². The lowest BCUT2D eigenvalue weighted by Gasteiger charge is -2.08. The average molecular weight is 211 g/mol. The smallest absolute Gasteiger partial charge is 0.239 e. The first-order valence-corrected chi connectivity index (χ1v) is 2.53. The quantitative estimate of drug-likeness (QED) is 0.344. The Hall–Kier alpha value is -2.73. The first kappa shape index (κ1) is 11.3. The first-order valence-electron chi connectivity index (χ1n) is 2.53. The number of hydroxylamine groups is 3. The van der Waals surface area contributed by atoms with E-state index < -0.39 is 16.3 Å². The van der Waals surface area contributed by atoms with Crippen LogP contribution in [-0.4, -0.2) is 16.3 Å². The zero-order valence-corrected chi connectivity index (χ0v) is 6.05. The maximum Gasteiger partial charge on any atom is 0.417 e. The highest BCUT2D eigenvalue weighted by molar-refractivity contribution is 5.70. The van der Waals surface area contributed by atoms with Gasteiger partial charge in [0, 0.05) is 0 Å². The number of amides is 2. The molecule has 78 valence electrons. The molecule has 13 heteroatoms. The van der Waals surface area contributed by atoms with Gasteiger partial charge in [0.15, 0.2) is 10.7 Å². The fourth-order valence-corrected chi connectivity index (χ4v) is 0.263. The monoisotopic (exact) mass is 211 g/mol. The van der Waals surface area contributed by atoms with E-state index in [9.17, 15) is 24.7 Å². The number of carbonyl (C=O) groups excluding carboxylic acids is 1. The average Bonchev–Trinajstić information content (AvgIpc) is 2.14. The predicted octanol–water partition coefficient (Wildman–Crippen LogP) is -0.653. The summed E-state index contributed by atoms with van der Waals surface area (Å²) in [6, 6.07) is -1.61. The standard InChI is InChI=1S/CHN5O8/c7-1(2-12-6(10)11)5(13-3-8)14-4-9/h(H,2,7). The van der Waals surface area contributed by atoms with E-state index in [2.05, 4.69) is 14.8 Å². The van der Waals surface area contributed by atoms with Crippen LogP contribution in [0.3, 0.4) is 0 Å². The Labute approximate surface area is 73.3 Å². The first-order chi connectivity index (χ1) is 6.61. The fraction of sp³-hybridized carbons (Fsp3) is 0. The van der Waals surface area contributed by atoms with Gasteiger partial charge in [-0.2, -0.15) is 20.3 Å². The van der Waals surface area contributed by atoms with Crippen molar-refractivity contribution >= 4 is 6.03 Å². The van der Waals surface area contributed by atoms with Crippen molar-refractivity contribution in [3.8, 4) is 0 Å². The van der Waals surface area contributed by atoms with E-state index in [-0.39, 0.29) is 0 Å². The molecule has 0 heterocycles. The summed E-state index contributed by atoms with van der Waals surface area (Å²) >= 11 is 0. The van der Waals surface area contributed by atoms with Crippen molar-refractivity contribution in [3.05, 3.63) is 19.9 Å². The van der Waals surface area contributed by atoms with Gasteiger partial charge in [-0.05, 0) is 0 Å². The lowest BCUT2D eigenvalue weighted by atomic mass is 11.1. The molecule has 1 N–H and O–H groups in total. The van der Waals surface area contributed by atoms with E-state index in [1.54, 1.807) is 10.7 Å². The van der Waals surface area contributed by atoms with E-state index in [1.165, 1.54) is 0 Å². The van der Waals surface area contributed by atoms with Crippen LogP contribution < -0.4 is 5.48 Å². The molecule has 0 fully saturated rings. The van der Waals surface area contributed by atoms with Gasteiger partial charge < -0.3 is 0 Å². The second-order valence-corrected chi connectivity index (χ2v) is 1.29. The number of nitrogens with one attached hydrogen (secondary N) is 1. The molecule has 0 aliphatic rings. The van der Waals surface area contributed by atoms with Crippen LogP contribution >= 0.6 is 0 Å². The van der Waals surface area contributed by atoms with Crippen molar-refractivity contribution in [1.82, 2.24) is 10.7 Å². The number of rotatable bonds is 6. The van der Waals surface area contributed by atoms with Crippen molar-refractivity contribution in [3.63, 3.8) is 0 Å². The summed E-state index contributed by atoms with van der Waals surface area (Å²) in [7, 11) is 0. The van der Waals surface area contributed by atoms with Crippen LogP contribution in [0.4, 0.5) is 4.79 Å². The molecule has 0 rings (SSSR count). The SMILES string of the molecule is O=NON(ON=O)C(=O)NO[N+](=O)[O-]. The molecule has 0 aromatic heterocycles. The summed E-state index contributed by atoms with van der Waals surface area (Å²) in [6.45, 7) is 0. The number of carbonyl (C=O) groups is 1. The van der Waals surface area contributed by atoms with Crippen LogP contribution in [0.1, 0.15) is 0 Å². The Balaban J connectivity index is 4.06. The lowest BCUT2D eigenvalue weighted by molar-refractivity contribution is -0.772. The normalized spacial score (nSPS) is 8.00. The van der Waals surface area contributed by atoms with Crippen molar-refractivity contribution < 1.29 is 24.7 Å². The van der Waals surface area contributed by atoms with Gasteiger partial charge in [0.1, 0.15) is 0 Å². The number of hydrogen-bond acceptors (Lipinski definition) is 10. The second kappa shape index (κ2) is 5.86. The number of nitrogens with zero attached hydrogens (tertiary/aromatic N) is 4. The Morgan fingerprint density at radius 3 is 2.21 bits per heavy atom. The van der Waals surface area contributed by atoms with Gasteiger partial charge in [-0.3, -0.25) is 0 Å². The summed E-state index contributed by atoms with van der Waals surface area (Å²) in [5.41, 5.74) is 1.09. The predicted molar refractivity (Wildman–Crippen MR) is 32.2 cm³/mol. The molecule has 0 saturated carbocycles. The molecule has 0 aromatic rings. The minimum Gasteiger partial charge on any atom is -0.239 e. The molecule has 0 atom stereocenters. The van der Waals surface area contributed by atoms with Crippen LogP contribution in [0.2, 0.25) is 0 Å². The third-order valence-electron chi connectivity index (χ3n) is 0.588. The summed E-state index contributed by atoms with van der Waals surface area (Å²) < 4.78 is 0. The number of hydrogen-bond donors (Lipinski definition) is 1. The summed E-state index contributed by atoms with van der Waals surface area (Å²) in [6.07, 6.45) is 0. The Kier molecular flexibility index (Phi) is 4.72. The zero-order chi connectivity index (χ0) is 11.0. The van der Waals surface area contributed by atoms with Gasteiger partial charge in [0.25, 0.3) is 0 Å². The molecule has 0 saturated heterocycles. The molecule has 14 heavy (non-hydrogen) atoms. The third kappa shape index (κ3) is 4.21. The minimum absolute atomic E-state index is 0.497. The minimum atomic E-state index is -1.61. The molecule has 0 aromatic carbocycles. The largest absolute Gasteiger partial charge is 0.417 e. The molecule has 0 aliphatic heterocycles. The summed E-state index contributed by atoms with van der Waals surface area (Å²) in [5, 5.41) is 11.0. The molecule has 13 nitrogen and oxygen atoms in total. The topological polar surface area (TPSA) is 162 Å². The summed E-state index contributed by atoms with van der Waals surface area (Å²) in [5.74, 6) is 0. The Morgan fingerprint density at radius 1 is 1.36 bits per heavy atom. The van der Waals surface area contributed by atoms with E-state index in [0.29, 0.717) is 0 Å². The van der Waals surface area contributed by atoms with Crippen molar-refractivity contribution in [2.75, 3.05) is 0 Å². The number of urea groups is 1. The maximum absolute atomic E-state index is 10.6. The van der Waals surface area contributed by atoms with E-state index in [0.717, 1.165) is 5.48 Å². The summed E-state index contributed by atoms with van der Waals surface area (Å²) in [4.78, 5) is 49.2. The maximum atomic E-state index is 10.6. The van der Waals surface area contributed by atoms with Gasteiger partial charge in [-0.1, -0.05) is 0 Å². The van der Waals surface area contributed by atoms with E-state index in [4.69, 9.17) is 0 Å². The van der Waals surface area contributed by atoms with E-state index >= 15 is 0 Å².